The van der Waals surface area contributed by atoms with E-state index >= 15 is 0 Å². The van der Waals surface area contributed by atoms with Gasteiger partial charge in [-0.15, -0.1) is 0 Å². The highest BCUT2D eigenvalue weighted by Gasteiger charge is 2.17. The molecule has 164 valence electrons. The first-order chi connectivity index (χ1) is 15.0. The molecule has 3 rings (SSSR count). The lowest BCUT2D eigenvalue weighted by Gasteiger charge is -2.12. The topological polar surface area (TPSA) is 87.4 Å². The number of carbonyl (C=O) groups excluding carboxylic acids is 1. The van der Waals surface area contributed by atoms with E-state index in [-0.39, 0.29) is 11.1 Å². The van der Waals surface area contributed by atoms with E-state index in [0.29, 0.717) is 35.7 Å². The first-order valence-corrected chi connectivity index (χ1v) is 10.2. The number of nitrogens with one attached hydrogen (secondary N) is 1. The van der Waals surface area contributed by atoms with Gasteiger partial charge in [0.2, 0.25) is 0 Å². The van der Waals surface area contributed by atoms with E-state index in [2.05, 4.69) is 17.3 Å². The number of carbonyl (C=O) groups is 1. The quantitative estimate of drug-likeness (QED) is 0.570. The van der Waals surface area contributed by atoms with Crippen molar-refractivity contribution in [2.24, 2.45) is 0 Å². The molecule has 0 aliphatic rings. The van der Waals surface area contributed by atoms with Crippen LogP contribution in [0.4, 0.5) is 5.69 Å². The molecule has 0 bridgehead atoms. The minimum absolute atomic E-state index is 0.137. The molecule has 1 N–H and O–H groups in total. The van der Waals surface area contributed by atoms with Gasteiger partial charge in [0.05, 0.1) is 26.1 Å². The molecule has 0 aliphatic carbocycles. The monoisotopic (exact) mass is 424 g/mol. The second-order valence-corrected chi connectivity index (χ2v) is 7.26. The Morgan fingerprint density at radius 2 is 1.90 bits per heavy atom. The molecule has 2 heterocycles. The average Bonchev–Trinajstić information content (AvgIpc) is 3.20. The minimum atomic E-state index is -0.431. The minimum Gasteiger partial charge on any atom is -0.493 e. The molecule has 31 heavy (non-hydrogen) atoms. The highest BCUT2D eigenvalue weighted by atomic mass is 16.5. The number of benzene rings is 1. The van der Waals surface area contributed by atoms with Gasteiger partial charge in [0.25, 0.3) is 11.5 Å². The number of methoxy groups -OCH3 is 2. The van der Waals surface area contributed by atoms with Crippen molar-refractivity contribution in [1.82, 2.24) is 14.3 Å². The van der Waals surface area contributed by atoms with Crippen molar-refractivity contribution < 1.29 is 14.3 Å². The van der Waals surface area contributed by atoms with Crippen LogP contribution in [0.1, 0.15) is 34.8 Å². The van der Waals surface area contributed by atoms with Gasteiger partial charge in [-0.25, -0.2) is 0 Å². The Hall–Kier alpha value is -3.55. The number of nitrogens with zero attached hydrogens (tertiary/aromatic N) is 3. The Balaban J connectivity index is 1.77. The molecular weight excluding hydrogens is 396 g/mol. The standard InChI is InChI=1S/C23H28N4O4/c1-5-10-27-15-18(14-24-27)25-22(28)21-16(2)8-11-26(23(21)29)12-9-17-6-7-19(30-3)20(13-17)31-4/h6-8,11,13-15H,5,9-10,12H2,1-4H3,(H,25,28). The predicted octanol–water partition coefficient (Wildman–Crippen LogP) is 3.28. The SMILES string of the molecule is CCCn1cc(NC(=O)c2c(C)ccn(CCc3ccc(OC)c(OC)c3)c2=O)cn1. The van der Waals surface area contributed by atoms with Gasteiger partial charge in [0.1, 0.15) is 5.56 Å². The van der Waals surface area contributed by atoms with Crippen LogP contribution in [-0.2, 0) is 19.5 Å². The van der Waals surface area contributed by atoms with Gasteiger partial charge in [0, 0.05) is 25.5 Å². The van der Waals surface area contributed by atoms with E-state index in [9.17, 15) is 9.59 Å². The number of ether oxygens (including phenoxy) is 2. The fourth-order valence-corrected chi connectivity index (χ4v) is 3.38. The van der Waals surface area contributed by atoms with Crippen molar-refractivity contribution in [3.8, 4) is 11.5 Å². The number of amides is 1. The fraction of sp³-hybridized carbons (Fsp3) is 0.348. The smallest absolute Gasteiger partial charge is 0.263 e. The molecule has 0 aliphatic heterocycles. The molecular formula is C23H28N4O4. The maximum absolute atomic E-state index is 13.0. The Labute approximate surface area is 181 Å². The third-order valence-electron chi connectivity index (χ3n) is 5.03. The molecule has 0 atom stereocenters. The number of aryl methyl sites for hydroxylation is 4. The Morgan fingerprint density at radius 1 is 1.13 bits per heavy atom. The summed E-state index contributed by atoms with van der Waals surface area (Å²) in [5, 5.41) is 6.99. The number of rotatable bonds is 9. The number of anilines is 1. The highest BCUT2D eigenvalue weighted by molar-refractivity contribution is 6.04. The van der Waals surface area contributed by atoms with Crippen LogP contribution in [0, 0.1) is 6.92 Å². The van der Waals surface area contributed by atoms with Gasteiger partial charge in [-0.05, 0) is 49.1 Å². The van der Waals surface area contributed by atoms with E-state index in [1.807, 2.05) is 18.2 Å². The summed E-state index contributed by atoms with van der Waals surface area (Å²) in [5.41, 5.74) is 2.01. The number of hydrogen-bond acceptors (Lipinski definition) is 5. The first kappa shape index (κ1) is 22.1. The zero-order valence-electron chi connectivity index (χ0n) is 18.3. The largest absolute Gasteiger partial charge is 0.493 e. The molecule has 0 saturated carbocycles. The van der Waals surface area contributed by atoms with Crippen molar-refractivity contribution in [2.75, 3.05) is 19.5 Å². The third kappa shape index (κ3) is 5.14. The summed E-state index contributed by atoms with van der Waals surface area (Å²) in [7, 11) is 3.17. The summed E-state index contributed by atoms with van der Waals surface area (Å²) in [4.78, 5) is 25.8. The summed E-state index contributed by atoms with van der Waals surface area (Å²) in [6.07, 6.45) is 6.61. The molecule has 0 unspecified atom stereocenters. The first-order valence-electron chi connectivity index (χ1n) is 10.2. The van der Waals surface area contributed by atoms with E-state index in [4.69, 9.17) is 9.47 Å². The van der Waals surface area contributed by atoms with Crippen LogP contribution >= 0.6 is 0 Å². The highest BCUT2D eigenvalue weighted by Crippen LogP contribution is 2.27. The number of pyridine rings is 1. The zero-order chi connectivity index (χ0) is 22.4. The van der Waals surface area contributed by atoms with Crippen LogP contribution in [0.5, 0.6) is 11.5 Å². The Kier molecular flexibility index (Phi) is 7.12. The van der Waals surface area contributed by atoms with Crippen LogP contribution in [0.2, 0.25) is 0 Å². The molecule has 1 amide bonds. The molecule has 2 aromatic heterocycles. The molecule has 8 nitrogen and oxygen atoms in total. The lowest BCUT2D eigenvalue weighted by atomic mass is 10.1. The summed E-state index contributed by atoms with van der Waals surface area (Å²) >= 11 is 0. The summed E-state index contributed by atoms with van der Waals surface area (Å²) in [6, 6.07) is 7.44. The van der Waals surface area contributed by atoms with Crippen LogP contribution in [0.25, 0.3) is 0 Å². The van der Waals surface area contributed by atoms with Crippen molar-refractivity contribution >= 4 is 11.6 Å². The normalized spacial score (nSPS) is 10.7. The number of aromatic nitrogens is 3. The van der Waals surface area contributed by atoms with Gasteiger partial charge >= 0.3 is 0 Å². The summed E-state index contributed by atoms with van der Waals surface area (Å²) in [5.74, 6) is 0.860. The molecule has 1 aromatic carbocycles. The van der Waals surface area contributed by atoms with Gasteiger partial charge < -0.3 is 19.4 Å². The van der Waals surface area contributed by atoms with Crippen molar-refractivity contribution in [3.63, 3.8) is 0 Å². The number of hydrogen-bond donors (Lipinski definition) is 1. The van der Waals surface area contributed by atoms with Gasteiger partial charge in [-0.3, -0.25) is 14.3 Å². The zero-order valence-corrected chi connectivity index (χ0v) is 18.3. The molecule has 0 spiro atoms. The molecule has 3 aromatic rings. The van der Waals surface area contributed by atoms with Crippen molar-refractivity contribution in [2.45, 2.75) is 39.8 Å². The van der Waals surface area contributed by atoms with Crippen LogP contribution in [0.3, 0.4) is 0 Å². The van der Waals surface area contributed by atoms with E-state index in [1.165, 1.54) is 0 Å². The fourth-order valence-electron chi connectivity index (χ4n) is 3.38. The molecule has 0 fully saturated rings. The lowest BCUT2D eigenvalue weighted by Crippen LogP contribution is -2.30. The van der Waals surface area contributed by atoms with Gasteiger partial charge in [-0.2, -0.15) is 5.10 Å². The predicted molar refractivity (Wildman–Crippen MR) is 119 cm³/mol. The van der Waals surface area contributed by atoms with Crippen LogP contribution < -0.4 is 20.3 Å². The van der Waals surface area contributed by atoms with Gasteiger partial charge in [0.15, 0.2) is 11.5 Å². The molecule has 0 saturated heterocycles. The van der Waals surface area contributed by atoms with Crippen LogP contribution in [-0.4, -0.2) is 34.5 Å². The van der Waals surface area contributed by atoms with Crippen LogP contribution in [0.15, 0.2) is 47.7 Å². The molecule has 0 radical (unpaired) electrons. The lowest BCUT2D eigenvalue weighted by molar-refractivity contribution is 0.102. The third-order valence-corrected chi connectivity index (χ3v) is 5.03. The summed E-state index contributed by atoms with van der Waals surface area (Å²) < 4.78 is 13.9. The van der Waals surface area contributed by atoms with Crippen molar-refractivity contribution in [1.29, 1.82) is 0 Å². The second-order valence-electron chi connectivity index (χ2n) is 7.26. The maximum Gasteiger partial charge on any atom is 0.263 e. The van der Waals surface area contributed by atoms with Crippen molar-refractivity contribution in [3.05, 3.63) is 69.9 Å². The maximum atomic E-state index is 13.0. The average molecular weight is 425 g/mol. The Morgan fingerprint density at radius 3 is 2.61 bits per heavy atom. The van der Waals surface area contributed by atoms with E-state index < -0.39 is 5.91 Å². The molecule has 8 heteroatoms. The Bertz CT molecular complexity index is 1120. The van der Waals surface area contributed by atoms with E-state index in [1.54, 1.807) is 55.0 Å². The second kappa shape index (κ2) is 9.97. The van der Waals surface area contributed by atoms with Gasteiger partial charge in [-0.1, -0.05) is 13.0 Å². The summed E-state index contributed by atoms with van der Waals surface area (Å²) in [6.45, 7) is 5.01. The van der Waals surface area contributed by atoms with E-state index in [0.717, 1.165) is 18.5 Å².